The Morgan fingerprint density at radius 3 is 2.67 bits per heavy atom. The minimum absolute atomic E-state index is 0.0330. The number of ether oxygens (including phenoxy) is 2. The third-order valence-electron chi connectivity index (χ3n) is 8.26. The molecule has 1 amide bonds. The van der Waals surface area contributed by atoms with Crippen LogP contribution in [0, 0.1) is 31.1 Å². The van der Waals surface area contributed by atoms with Gasteiger partial charge in [-0.25, -0.2) is 0 Å². The van der Waals surface area contributed by atoms with Crippen LogP contribution in [0.4, 0.5) is 0 Å². The first-order valence-electron chi connectivity index (χ1n) is 12.5. The minimum Gasteiger partial charge on any atom is -0.393 e. The van der Waals surface area contributed by atoms with Gasteiger partial charge in [-0.3, -0.25) is 10.1 Å². The van der Waals surface area contributed by atoms with Gasteiger partial charge >= 0.3 is 0 Å². The Morgan fingerprint density at radius 1 is 1.33 bits per heavy atom. The zero-order chi connectivity index (χ0) is 24.5. The molecule has 3 rings (SSSR count). The van der Waals surface area contributed by atoms with Gasteiger partial charge in [0.25, 0.3) is 5.91 Å². The number of nitrogens with one attached hydrogen (secondary N) is 2. The van der Waals surface area contributed by atoms with Gasteiger partial charge in [0.1, 0.15) is 6.23 Å². The van der Waals surface area contributed by atoms with Crippen molar-refractivity contribution in [3.05, 3.63) is 34.4 Å². The number of aliphatic hydroxyl groups excluding tert-OH is 1. The molecular weight excluding hydrogens is 416 g/mol. The first-order chi connectivity index (χ1) is 15.5. The van der Waals surface area contributed by atoms with E-state index < -0.39 is 6.10 Å². The SMILES string of the molecule is CCNC(OC)C1CC(C)C(C)(C)C(CC(O)C(C)C2Cc3cc(C)cc(C)c3C(=O)N2)O1. The third kappa shape index (κ3) is 5.45. The van der Waals surface area contributed by atoms with Crippen molar-refractivity contribution in [3.8, 4) is 0 Å². The summed E-state index contributed by atoms with van der Waals surface area (Å²) in [5.74, 6) is 0.298. The van der Waals surface area contributed by atoms with Gasteiger partial charge in [-0.1, -0.05) is 52.3 Å². The van der Waals surface area contributed by atoms with E-state index in [-0.39, 0.29) is 41.7 Å². The van der Waals surface area contributed by atoms with Crippen LogP contribution in [0.15, 0.2) is 12.1 Å². The van der Waals surface area contributed by atoms with Crippen LogP contribution in [0.2, 0.25) is 0 Å². The van der Waals surface area contributed by atoms with Gasteiger partial charge in [0, 0.05) is 31.1 Å². The van der Waals surface area contributed by atoms with E-state index in [0.717, 1.165) is 36.1 Å². The van der Waals surface area contributed by atoms with Crippen LogP contribution in [-0.4, -0.2) is 55.2 Å². The van der Waals surface area contributed by atoms with Crippen LogP contribution in [0.5, 0.6) is 0 Å². The van der Waals surface area contributed by atoms with Crippen LogP contribution in [-0.2, 0) is 15.9 Å². The molecule has 2 aliphatic rings. The number of aryl methyl sites for hydroxylation is 2. The lowest BCUT2D eigenvalue weighted by Gasteiger charge is -2.49. The van der Waals surface area contributed by atoms with Crippen molar-refractivity contribution in [2.75, 3.05) is 13.7 Å². The number of rotatable bonds is 8. The molecule has 1 fully saturated rings. The number of benzene rings is 1. The number of carbonyl (C=O) groups is 1. The van der Waals surface area contributed by atoms with E-state index >= 15 is 0 Å². The lowest BCUT2D eigenvalue weighted by atomic mass is 9.68. The van der Waals surface area contributed by atoms with Crippen molar-refractivity contribution >= 4 is 5.91 Å². The second kappa shape index (κ2) is 10.4. The van der Waals surface area contributed by atoms with Gasteiger partial charge < -0.3 is 19.9 Å². The average molecular weight is 461 g/mol. The maximum Gasteiger partial charge on any atom is 0.252 e. The lowest BCUT2D eigenvalue weighted by molar-refractivity contribution is -0.196. The molecule has 186 valence electrons. The molecule has 1 aromatic carbocycles. The van der Waals surface area contributed by atoms with Gasteiger partial charge in [0.2, 0.25) is 0 Å². The highest BCUT2D eigenvalue weighted by Gasteiger charge is 2.46. The summed E-state index contributed by atoms with van der Waals surface area (Å²) in [4.78, 5) is 12.9. The third-order valence-corrected chi connectivity index (χ3v) is 8.26. The van der Waals surface area contributed by atoms with E-state index in [1.165, 1.54) is 5.56 Å². The van der Waals surface area contributed by atoms with Crippen molar-refractivity contribution < 1.29 is 19.4 Å². The molecule has 0 aliphatic carbocycles. The quantitative estimate of drug-likeness (QED) is 0.515. The minimum atomic E-state index is -0.585. The molecule has 6 heteroatoms. The molecule has 1 saturated heterocycles. The molecule has 1 aromatic rings. The largest absolute Gasteiger partial charge is 0.393 e. The Labute approximate surface area is 199 Å². The summed E-state index contributed by atoms with van der Waals surface area (Å²) < 4.78 is 12.2. The predicted molar refractivity (Wildman–Crippen MR) is 131 cm³/mol. The summed E-state index contributed by atoms with van der Waals surface area (Å²) >= 11 is 0. The van der Waals surface area contributed by atoms with E-state index in [2.05, 4.69) is 57.4 Å². The van der Waals surface area contributed by atoms with E-state index in [1.54, 1.807) is 7.11 Å². The van der Waals surface area contributed by atoms with Crippen molar-refractivity contribution in [2.24, 2.45) is 17.3 Å². The standard InChI is InChI=1S/C27H44N2O4/c1-9-28-26(32-8)22-12-17(4)27(6,7)23(33-22)14-21(30)18(5)20-13-19-11-15(2)10-16(3)24(19)25(31)29-20/h10-11,17-18,20-23,26,28,30H,9,12-14H2,1-8H3,(H,29,31). The van der Waals surface area contributed by atoms with E-state index in [9.17, 15) is 9.90 Å². The second-order valence-electron chi connectivity index (χ2n) is 10.9. The Hall–Kier alpha value is -1.47. The fourth-order valence-corrected chi connectivity index (χ4v) is 5.62. The summed E-state index contributed by atoms with van der Waals surface area (Å²) in [6.45, 7) is 15.7. The molecule has 0 bridgehead atoms. The fraction of sp³-hybridized carbons (Fsp3) is 0.741. The second-order valence-corrected chi connectivity index (χ2v) is 10.9. The van der Waals surface area contributed by atoms with Crippen LogP contribution < -0.4 is 10.6 Å². The molecule has 0 radical (unpaired) electrons. The molecule has 2 aliphatic heterocycles. The molecule has 33 heavy (non-hydrogen) atoms. The lowest BCUT2D eigenvalue weighted by Crippen LogP contribution is -2.55. The molecule has 7 unspecified atom stereocenters. The summed E-state index contributed by atoms with van der Waals surface area (Å²) in [5.41, 5.74) is 3.98. The normalized spacial score (nSPS) is 29.7. The van der Waals surface area contributed by atoms with Gasteiger partial charge in [-0.05, 0) is 55.7 Å². The van der Waals surface area contributed by atoms with Crippen LogP contribution in [0.3, 0.4) is 0 Å². The highest BCUT2D eigenvalue weighted by atomic mass is 16.6. The molecular formula is C27H44N2O4. The smallest absolute Gasteiger partial charge is 0.252 e. The Bertz CT molecular complexity index is 840. The number of hydrogen-bond donors (Lipinski definition) is 3. The van der Waals surface area contributed by atoms with Crippen LogP contribution in [0.1, 0.15) is 74.5 Å². The van der Waals surface area contributed by atoms with Gasteiger partial charge in [0.15, 0.2) is 0 Å². The van der Waals surface area contributed by atoms with Crippen molar-refractivity contribution in [2.45, 2.75) is 98.3 Å². The fourth-order valence-electron chi connectivity index (χ4n) is 5.62. The monoisotopic (exact) mass is 460 g/mol. The first-order valence-corrected chi connectivity index (χ1v) is 12.5. The number of hydrogen-bond acceptors (Lipinski definition) is 5. The maximum absolute atomic E-state index is 12.9. The number of likely N-dealkylation sites (N-methyl/N-ethyl adjacent to an activating group) is 1. The first kappa shape index (κ1) is 26.1. The Balaban J connectivity index is 1.73. The zero-order valence-electron chi connectivity index (χ0n) is 21.7. The average Bonchev–Trinajstić information content (AvgIpc) is 2.73. The van der Waals surface area contributed by atoms with Gasteiger partial charge in [-0.2, -0.15) is 0 Å². The van der Waals surface area contributed by atoms with Crippen LogP contribution >= 0.6 is 0 Å². The molecule has 0 spiro atoms. The number of carbonyl (C=O) groups excluding carboxylic acids is 1. The van der Waals surface area contributed by atoms with E-state index in [1.807, 2.05) is 13.8 Å². The predicted octanol–water partition coefficient (Wildman–Crippen LogP) is 3.75. The number of methoxy groups -OCH3 is 1. The molecule has 6 nitrogen and oxygen atoms in total. The number of aliphatic hydroxyl groups is 1. The zero-order valence-corrected chi connectivity index (χ0v) is 21.7. The Kier molecular flexibility index (Phi) is 8.26. The molecule has 0 saturated carbocycles. The van der Waals surface area contributed by atoms with E-state index in [4.69, 9.17) is 9.47 Å². The van der Waals surface area contributed by atoms with Crippen molar-refractivity contribution in [1.82, 2.24) is 10.6 Å². The summed E-state index contributed by atoms with van der Waals surface area (Å²) in [6.07, 6.45) is 1.28. The summed E-state index contributed by atoms with van der Waals surface area (Å²) in [5, 5.41) is 17.8. The van der Waals surface area contributed by atoms with Gasteiger partial charge in [0.05, 0.1) is 18.3 Å². The van der Waals surface area contributed by atoms with Crippen LogP contribution in [0.25, 0.3) is 0 Å². The summed E-state index contributed by atoms with van der Waals surface area (Å²) in [7, 11) is 1.71. The number of fused-ring (bicyclic) bond motifs is 1. The van der Waals surface area contributed by atoms with Crippen molar-refractivity contribution in [1.29, 1.82) is 0 Å². The topological polar surface area (TPSA) is 79.8 Å². The van der Waals surface area contributed by atoms with Gasteiger partial charge in [-0.15, -0.1) is 0 Å². The highest BCUT2D eigenvalue weighted by Crippen LogP contribution is 2.44. The summed E-state index contributed by atoms with van der Waals surface area (Å²) in [6, 6.07) is 4.06. The molecule has 7 atom stereocenters. The van der Waals surface area contributed by atoms with E-state index in [0.29, 0.717) is 12.3 Å². The Morgan fingerprint density at radius 2 is 2.03 bits per heavy atom. The maximum atomic E-state index is 12.9. The highest BCUT2D eigenvalue weighted by molar-refractivity contribution is 5.98. The number of amides is 1. The van der Waals surface area contributed by atoms with Crippen molar-refractivity contribution in [3.63, 3.8) is 0 Å². The molecule has 2 heterocycles. The molecule has 3 N–H and O–H groups in total. The molecule has 0 aromatic heterocycles.